The van der Waals surface area contributed by atoms with Crippen LogP contribution in [-0.4, -0.2) is 36.8 Å². The van der Waals surface area contributed by atoms with Gasteiger partial charge in [0.15, 0.2) is 6.61 Å². The van der Waals surface area contributed by atoms with Crippen molar-refractivity contribution in [3.63, 3.8) is 0 Å². The van der Waals surface area contributed by atoms with E-state index >= 15 is 0 Å². The average molecular weight is 370 g/mol. The predicted molar refractivity (Wildman–Crippen MR) is 104 cm³/mol. The van der Waals surface area contributed by atoms with Gasteiger partial charge in [0.25, 0.3) is 0 Å². The molecule has 0 saturated carbocycles. The van der Waals surface area contributed by atoms with Crippen molar-refractivity contribution in [3.05, 3.63) is 34.3 Å². The second-order valence-corrected chi connectivity index (χ2v) is 7.40. The van der Waals surface area contributed by atoms with Crippen molar-refractivity contribution in [2.24, 2.45) is 0 Å². The van der Waals surface area contributed by atoms with E-state index in [9.17, 15) is 9.90 Å². The van der Waals surface area contributed by atoms with Crippen LogP contribution in [0.4, 0.5) is 5.69 Å². The molecular formula is C20H22N2O3S. The molecule has 1 unspecified atom stereocenters. The Bertz CT molecular complexity index is 877. The van der Waals surface area contributed by atoms with Crippen molar-refractivity contribution in [1.29, 1.82) is 0 Å². The smallest absolute Gasteiger partial charge is 0.339 e. The minimum atomic E-state index is -0.457. The highest BCUT2D eigenvalue weighted by molar-refractivity contribution is 7.15. The number of aromatic nitrogens is 1. The van der Waals surface area contributed by atoms with Crippen LogP contribution in [0.5, 0.6) is 0 Å². The molecule has 0 spiro atoms. The average Bonchev–Trinajstić information content (AvgIpc) is 3.07. The first kappa shape index (κ1) is 18.4. The Morgan fingerprint density at radius 2 is 2.27 bits per heavy atom. The van der Waals surface area contributed by atoms with E-state index in [1.54, 1.807) is 6.92 Å². The van der Waals surface area contributed by atoms with Crippen LogP contribution in [0.2, 0.25) is 0 Å². The maximum atomic E-state index is 12.6. The molecule has 26 heavy (non-hydrogen) atoms. The van der Waals surface area contributed by atoms with Gasteiger partial charge in [0.2, 0.25) is 0 Å². The van der Waals surface area contributed by atoms with Gasteiger partial charge in [0.1, 0.15) is 5.01 Å². The van der Waals surface area contributed by atoms with Crippen molar-refractivity contribution in [2.45, 2.75) is 32.3 Å². The summed E-state index contributed by atoms with van der Waals surface area (Å²) >= 11 is 1.46. The first-order valence-electron chi connectivity index (χ1n) is 8.57. The quantitative estimate of drug-likeness (QED) is 0.660. The third-order valence-electron chi connectivity index (χ3n) is 4.34. The summed E-state index contributed by atoms with van der Waals surface area (Å²) in [5, 5.41) is 11.0. The van der Waals surface area contributed by atoms with Crippen molar-refractivity contribution in [3.8, 4) is 22.4 Å². The minimum Gasteiger partial charge on any atom is -0.449 e. The van der Waals surface area contributed by atoms with Crippen molar-refractivity contribution in [2.75, 3.05) is 25.6 Å². The molecule has 1 aliphatic carbocycles. The number of carbonyl (C=O) groups excluding carboxylic acids is 1. The fourth-order valence-electron chi connectivity index (χ4n) is 2.93. The molecule has 3 rings (SSSR count). The third kappa shape index (κ3) is 3.74. The Kier molecular flexibility index (Phi) is 5.60. The summed E-state index contributed by atoms with van der Waals surface area (Å²) in [6.07, 6.45) is 2.10. The number of nitrogens with zero attached hydrogens (tertiary/aromatic N) is 2. The molecule has 136 valence electrons. The summed E-state index contributed by atoms with van der Waals surface area (Å²) in [6, 6.07) is 5.66. The highest BCUT2D eigenvalue weighted by atomic mass is 32.1. The van der Waals surface area contributed by atoms with Crippen LogP contribution in [0, 0.1) is 11.8 Å². The molecule has 1 heterocycles. The molecule has 0 amide bonds. The maximum absolute atomic E-state index is 12.6. The van der Waals surface area contributed by atoms with Gasteiger partial charge < -0.3 is 14.7 Å². The molecule has 0 aliphatic heterocycles. The third-order valence-corrected chi connectivity index (χ3v) is 5.58. The summed E-state index contributed by atoms with van der Waals surface area (Å²) in [6.45, 7) is 1.77. The maximum Gasteiger partial charge on any atom is 0.339 e. The Balaban J connectivity index is 2.02. The number of hydrogen-bond acceptors (Lipinski definition) is 6. The van der Waals surface area contributed by atoms with Gasteiger partial charge in [0.05, 0.1) is 22.2 Å². The molecule has 5 nitrogen and oxygen atoms in total. The molecule has 0 radical (unpaired) electrons. The fourth-order valence-corrected chi connectivity index (χ4v) is 4.10. The summed E-state index contributed by atoms with van der Waals surface area (Å²) in [5.74, 6) is 5.04. The van der Waals surface area contributed by atoms with E-state index < -0.39 is 12.1 Å². The number of fused-ring (bicyclic) bond motifs is 1. The molecule has 0 bridgehead atoms. The Morgan fingerprint density at radius 3 is 2.96 bits per heavy atom. The number of aryl methyl sites for hydroxylation is 1. The standard InChI is InChI=1S/C20H22N2O3S/c1-4-5-11-25-20(24)15-12-13(22(2)3)9-10-14(15)19-21-16-7-6-8-17(23)18(16)26-19/h9-10,12,17,23H,6-8,11H2,1-3H3. The zero-order chi connectivity index (χ0) is 18.7. The molecule has 1 aromatic carbocycles. The van der Waals surface area contributed by atoms with Gasteiger partial charge in [-0.3, -0.25) is 0 Å². The van der Waals surface area contributed by atoms with E-state index in [0.29, 0.717) is 5.56 Å². The molecule has 1 aliphatic rings. The summed E-state index contributed by atoms with van der Waals surface area (Å²) in [4.78, 5) is 20.2. The number of aliphatic hydroxyl groups excluding tert-OH is 1. The molecule has 6 heteroatoms. The highest BCUT2D eigenvalue weighted by Crippen LogP contribution is 2.39. The molecular weight excluding hydrogens is 348 g/mol. The number of ether oxygens (including phenoxy) is 1. The highest BCUT2D eigenvalue weighted by Gasteiger charge is 2.25. The number of rotatable bonds is 4. The van der Waals surface area contributed by atoms with Gasteiger partial charge in [-0.25, -0.2) is 9.78 Å². The Morgan fingerprint density at radius 1 is 1.46 bits per heavy atom. The van der Waals surface area contributed by atoms with Gasteiger partial charge in [-0.15, -0.1) is 17.3 Å². The van der Waals surface area contributed by atoms with Crippen LogP contribution in [-0.2, 0) is 11.2 Å². The molecule has 0 fully saturated rings. The lowest BCUT2D eigenvalue weighted by atomic mass is 10.0. The van der Waals surface area contributed by atoms with Crippen LogP contribution < -0.4 is 4.90 Å². The van der Waals surface area contributed by atoms with E-state index in [4.69, 9.17) is 9.72 Å². The zero-order valence-electron chi connectivity index (χ0n) is 15.2. The van der Waals surface area contributed by atoms with E-state index in [-0.39, 0.29) is 6.61 Å². The van der Waals surface area contributed by atoms with Gasteiger partial charge in [-0.1, -0.05) is 5.92 Å². The van der Waals surface area contributed by atoms with Crippen LogP contribution in [0.3, 0.4) is 0 Å². The topological polar surface area (TPSA) is 62.7 Å². The number of esters is 1. The summed E-state index contributed by atoms with van der Waals surface area (Å²) in [7, 11) is 3.84. The van der Waals surface area contributed by atoms with Crippen LogP contribution in [0.25, 0.3) is 10.6 Å². The van der Waals surface area contributed by atoms with E-state index in [0.717, 1.165) is 46.1 Å². The van der Waals surface area contributed by atoms with Crippen molar-refractivity contribution < 1.29 is 14.6 Å². The van der Waals surface area contributed by atoms with Crippen molar-refractivity contribution in [1.82, 2.24) is 4.98 Å². The molecule has 0 saturated heterocycles. The summed E-state index contributed by atoms with van der Waals surface area (Å²) in [5.41, 5.74) is 3.05. The zero-order valence-corrected chi connectivity index (χ0v) is 16.0. The first-order chi connectivity index (χ1) is 12.5. The Hall–Kier alpha value is -2.36. The molecule has 1 atom stereocenters. The van der Waals surface area contributed by atoms with Gasteiger partial charge in [-0.05, 0) is 44.4 Å². The van der Waals surface area contributed by atoms with E-state index in [1.165, 1.54) is 11.3 Å². The number of carbonyl (C=O) groups is 1. The van der Waals surface area contributed by atoms with Gasteiger partial charge >= 0.3 is 5.97 Å². The molecule has 1 aromatic heterocycles. The number of aliphatic hydroxyl groups is 1. The second kappa shape index (κ2) is 7.90. The lowest BCUT2D eigenvalue weighted by molar-refractivity contribution is 0.0557. The van der Waals surface area contributed by atoms with Crippen molar-refractivity contribution >= 4 is 23.0 Å². The largest absolute Gasteiger partial charge is 0.449 e. The first-order valence-corrected chi connectivity index (χ1v) is 9.39. The molecule has 1 N–H and O–H groups in total. The van der Waals surface area contributed by atoms with E-state index in [2.05, 4.69) is 11.8 Å². The number of benzene rings is 1. The predicted octanol–water partition coefficient (Wildman–Crippen LogP) is 3.43. The van der Waals surface area contributed by atoms with Crippen LogP contribution in [0.15, 0.2) is 18.2 Å². The summed E-state index contributed by atoms with van der Waals surface area (Å²) < 4.78 is 5.28. The number of anilines is 1. The van der Waals surface area contributed by atoms with Crippen LogP contribution in [0.1, 0.15) is 46.8 Å². The SMILES string of the molecule is CC#CCOC(=O)c1cc(N(C)C)ccc1-c1nc2c(s1)C(O)CCC2. The van der Waals surface area contributed by atoms with Crippen LogP contribution >= 0.6 is 11.3 Å². The van der Waals surface area contributed by atoms with Gasteiger partial charge in [0, 0.05) is 25.3 Å². The number of thiazole rings is 1. The lowest BCUT2D eigenvalue weighted by Gasteiger charge is -2.15. The number of hydrogen-bond donors (Lipinski definition) is 1. The van der Waals surface area contributed by atoms with Gasteiger partial charge in [-0.2, -0.15) is 0 Å². The lowest BCUT2D eigenvalue weighted by Crippen LogP contribution is -2.12. The monoisotopic (exact) mass is 370 g/mol. The second-order valence-electron chi connectivity index (χ2n) is 6.37. The fraction of sp³-hybridized carbons (Fsp3) is 0.400. The molecule has 2 aromatic rings. The minimum absolute atomic E-state index is 0.0635. The van der Waals surface area contributed by atoms with E-state index in [1.807, 2.05) is 37.2 Å². The Labute approximate surface area is 157 Å². The normalized spacial score (nSPS) is 15.6.